The molecule has 2 fully saturated rings. The van der Waals surface area contributed by atoms with Gasteiger partial charge in [0.15, 0.2) is 0 Å². The lowest BCUT2D eigenvalue weighted by Crippen LogP contribution is -2.25. The lowest BCUT2D eigenvalue weighted by molar-refractivity contribution is 0.0200. The summed E-state index contributed by atoms with van der Waals surface area (Å²) in [6.45, 7) is 2.64. The lowest BCUT2D eigenvalue weighted by Gasteiger charge is -2.19. The minimum absolute atomic E-state index is 0.439. The van der Waals surface area contributed by atoms with Gasteiger partial charge in [0.1, 0.15) is 0 Å². The molecule has 0 radical (unpaired) electrons. The molecule has 3 heteroatoms. The third-order valence-corrected chi connectivity index (χ3v) is 3.92. The Bertz CT molecular complexity index is 192. The van der Waals surface area contributed by atoms with Crippen LogP contribution < -0.4 is 5.73 Å². The van der Waals surface area contributed by atoms with Gasteiger partial charge in [0.2, 0.25) is 0 Å². The van der Waals surface area contributed by atoms with Gasteiger partial charge in [0.05, 0.1) is 12.2 Å². The highest BCUT2D eigenvalue weighted by Gasteiger charge is 2.26. The maximum atomic E-state index is 5.93. The minimum atomic E-state index is 0.439. The first-order valence-electron chi connectivity index (χ1n) is 6.83. The quantitative estimate of drug-likeness (QED) is 0.707. The number of hydrogen-bond acceptors (Lipinski definition) is 3. The molecule has 1 heterocycles. The van der Waals surface area contributed by atoms with Crippen molar-refractivity contribution < 1.29 is 9.47 Å². The van der Waals surface area contributed by atoms with Crippen LogP contribution in [0.1, 0.15) is 44.9 Å². The first-order chi connectivity index (χ1) is 7.90. The van der Waals surface area contributed by atoms with E-state index in [-0.39, 0.29) is 0 Å². The van der Waals surface area contributed by atoms with Crippen LogP contribution in [0.3, 0.4) is 0 Å². The van der Waals surface area contributed by atoms with E-state index in [0.717, 1.165) is 26.2 Å². The van der Waals surface area contributed by atoms with Gasteiger partial charge in [-0.1, -0.05) is 6.42 Å². The maximum Gasteiger partial charge on any atom is 0.0615 e. The van der Waals surface area contributed by atoms with E-state index in [4.69, 9.17) is 15.2 Å². The summed E-state index contributed by atoms with van der Waals surface area (Å²) < 4.78 is 11.5. The fourth-order valence-corrected chi connectivity index (χ4v) is 2.91. The standard InChI is InChI=1S/C13H25NO2/c14-10-11-4-1-7-13(11)16-9-3-6-12-5-2-8-15-12/h11-13H,1-10,14H2. The Hall–Kier alpha value is -0.120. The Kier molecular flexibility index (Phi) is 5.07. The Morgan fingerprint density at radius 2 is 2.12 bits per heavy atom. The molecular formula is C13H25NO2. The summed E-state index contributed by atoms with van der Waals surface area (Å²) in [5.74, 6) is 0.614. The second-order valence-electron chi connectivity index (χ2n) is 5.11. The molecule has 3 atom stereocenters. The van der Waals surface area contributed by atoms with Gasteiger partial charge in [-0.3, -0.25) is 0 Å². The van der Waals surface area contributed by atoms with Crippen molar-refractivity contribution in [1.82, 2.24) is 0 Å². The number of ether oxygens (including phenoxy) is 2. The van der Waals surface area contributed by atoms with Crippen LogP contribution in [0, 0.1) is 5.92 Å². The molecule has 2 rings (SSSR count). The average molecular weight is 227 g/mol. The normalized spacial score (nSPS) is 34.7. The first kappa shape index (κ1) is 12.3. The molecule has 1 saturated carbocycles. The van der Waals surface area contributed by atoms with E-state index in [2.05, 4.69) is 0 Å². The zero-order valence-electron chi connectivity index (χ0n) is 10.2. The van der Waals surface area contributed by atoms with Crippen molar-refractivity contribution >= 4 is 0 Å². The Morgan fingerprint density at radius 3 is 2.88 bits per heavy atom. The van der Waals surface area contributed by atoms with Crippen LogP contribution in [0.2, 0.25) is 0 Å². The lowest BCUT2D eigenvalue weighted by atomic mass is 10.1. The van der Waals surface area contributed by atoms with Crippen LogP contribution in [0.5, 0.6) is 0 Å². The summed E-state index contributed by atoms with van der Waals surface area (Å²) in [6.07, 6.45) is 9.50. The zero-order chi connectivity index (χ0) is 11.2. The molecule has 1 saturated heterocycles. The molecule has 0 aromatic heterocycles. The summed E-state index contributed by atoms with van der Waals surface area (Å²) in [7, 11) is 0. The number of hydrogen-bond donors (Lipinski definition) is 1. The van der Waals surface area contributed by atoms with Gasteiger partial charge in [0, 0.05) is 13.2 Å². The molecule has 0 spiro atoms. The summed E-state index contributed by atoms with van der Waals surface area (Å²) in [4.78, 5) is 0. The molecule has 1 aliphatic carbocycles. The molecule has 0 aromatic rings. The van der Waals surface area contributed by atoms with Gasteiger partial charge in [-0.05, 0) is 51.0 Å². The number of nitrogens with two attached hydrogens (primary N) is 1. The van der Waals surface area contributed by atoms with Crippen molar-refractivity contribution in [2.75, 3.05) is 19.8 Å². The van der Waals surface area contributed by atoms with Crippen LogP contribution in [0.25, 0.3) is 0 Å². The highest BCUT2D eigenvalue weighted by Crippen LogP contribution is 2.27. The highest BCUT2D eigenvalue weighted by molar-refractivity contribution is 4.78. The molecule has 2 N–H and O–H groups in total. The van der Waals surface area contributed by atoms with Crippen LogP contribution in [0.15, 0.2) is 0 Å². The molecule has 0 aromatic carbocycles. The molecule has 3 unspecified atom stereocenters. The van der Waals surface area contributed by atoms with Crippen LogP contribution >= 0.6 is 0 Å². The topological polar surface area (TPSA) is 44.5 Å². The van der Waals surface area contributed by atoms with Gasteiger partial charge in [-0.25, -0.2) is 0 Å². The Morgan fingerprint density at radius 1 is 1.19 bits per heavy atom. The van der Waals surface area contributed by atoms with E-state index in [1.807, 2.05) is 0 Å². The SMILES string of the molecule is NCC1CCCC1OCCCC1CCCO1. The summed E-state index contributed by atoms with van der Waals surface area (Å²) in [6, 6.07) is 0. The van der Waals surface area contributed by atoms with Crippen LogP contribution in [0.4, 0.5) is 0 Å². The van der Waals surface area contributed by atoms with Gasteiger partial charge in [-0.15, -0.1) is 0 Å². The molecule has 0 bridgehead atoms. The Balaban J connectivity index is 1.53. The second kappa shape index (κ2) is 6.58. The monoisotopic (exact) mass is 227 g/mol. The fraction of sp³-hybridized carbons (Fsp3) is 1.00. The summed E-state index contributed by atoms with van der Waals surface area (Å²) >= 11 is 0. The van der Waals surface area contributed by atoms with Gasteiger partial charge in [0.25, 0.3) is 0 Å². The molecule has 0 amide bonds. The van der Waals surface area contributed by atoms with Crippen molar-refractivity contribution in [2.45, 2.75) is 57.2 Å². The van der Waals surface area contributed by atoms with Crippen LogP contribution in [-0.2, 0) is 9.47 Å². The number of rotatable bonds is 6. The molecule has 94 valence electrons. The Labute approximate surface area is 98.7 Å². The predicted molar refractivity (Wildman–Crippen MR) is 64.3 cm³/mol. The fourth-order valence-electron chi connectivity index (χ4n) is 2.91. The molecule has 16 heavy (non-hydrogen) atoms. The van der Waals surface area contributed by atoms with Crippen molar-refractivity contribution in [1.29, 1.82) is 0 Å². The van der Waals surface area contributed by atoms with Crippen molar-refractivity contribution in [3.63, 3.8) is 0 Å². The highest BCUT2D eigenvalue weighted by atomic mass is 16.5. The van der Waals surface area contributed by atoms with E-state index in [1.54, 1.807) is 0 Å². The predicted octanol–water partition coefficient (Wildman–Crippen LogP) is 2.09. The van der Waals surface area contributed by atoms with Crippen LogP contribution in [-0.4, -0.2) is 32.0 Å². The van der Waals surface area contributed by atoms with E-state index >= 15 is 0 Å². The van der Waals surface area contributed by atoms with E-state index in [1.165, 1.54) is 38.5 Å². The van der Waals surface area contributed by atoms with Gasteiger partial charge >= 0.3 is 0 Å². The minimum Gasteiger partial charge on any atom is -0.378 e. The summed E-state index contributed by atoms with van der Waals surface area (Å²) in [5.41, 5.74) is 5.73. The first-order valence-corrected chi connectivity index (χ1v) is 6.83. The largest absolute Gasteiger partial charge is 0.378 e. The third-order valence-electron chi connectivity index (χ3n) is 3.92. The maximum absolute atomic E-state index is 5.93. The zero-order valence-corrected chi connectivity index (χ0v) is 10.2. The van der Waals surface area contributed by atoms with E-state index < -0.39 is 0 Å². The smallest absolute Gasteiger partial charge is 0.0615 e. The molecule has 1 aliphatic heterocycles. The van der Waals surface area contributed by atoms with Crippen molar-refractivity contribution in [3.8, 4) is 0 Å². The molecular weight excluding hydrogens is 202 g/mol. The average Bonchev–Trinajstić information content (AvgIpc) is 2.95. The van der Waals surface area contributed by atoms with Gasteiger partial charge in [-0.2, -0.15) is 0 Å². The van der Waals surface area contributed by atoms with E-state index in [9.17, 15) is 0 Å². The molecule has 3 nitrogen and oxygen atoms in total. The molecule has 2 aliphatic rings. The van der Waals surface area contributed by atoms with E-state index in [0.29, 0.717) is 18.1 Å². The van der Waals surface area contributed by atoms with Crippen molar-refractivity contribution in [2.24, 2.45) is 11.7 Å². The summed E-state index contributed by atoms with van der Waals surface area (Å²) in [5, 5.41) is 0. The van der Waals surface area contributed by atoms with Gasteiger partial charge < -0.3 is 15.2 Å². The third kappa shape index (κ3) is 3.44. The van der Waals surface area contributed by atoms with Crippen molar-refractivity contribution in [3.05, 3.63) is 0 Å². The second-order valence-corrected chi connectivity index (χ2v) is 5.11.